The molecule has 2 aromatic rings. The second-order valence-corrected chi connectivity index (χ2v) is 9.03. The fourth-order valence-corrected chi connectivity index (χ4v) is 4.78. The Labute approximate surface area is 190 Å². The smallest absolute Gasteiger partial charge is 0.252 e. The van der Waals surface area contributed by atoms with Gasteiger partial charge in [0.25, 0.3) is 5.91 Å². The molecule has 0 saturated carbocycles. The third-order valence-electron chi connectivity index (χ3n) is 5.79. The number of nitrogens with one attached hydrogen (secondary N) is 1. The van der Waals surface area contributed by atoms with Crippen molar-refractivity contribution >= 4 is 46.3 Å². The molecular weight excluding hydrogens is 436 g/mol. The molecule has 0 aliphatic carbocycles. The lowest BCUT2D eigenvalue weighted by atomic mass is 10.1. The van der Waals surface area contributed by atoms with E-state index in [1.54, 1.807) is 17.0 Å². The molecule has 3 heterocycles. The van der Waals surface area contributed by atoms with Gasteiger partial charge in [-0.25, -0.2) is 0 Å². The van der Waals surface area contributed by atoms with Crippen molar-refractivity contribution in [2.45, 2.75) is 6.42 Å². The molecule has 9 heteroatoms. The standard InChI is InChI=1S/C22H25ClN4O3S/c23-18-1-3-19(4-2-18)27-14-17(13-20(27)28)22(30)26-10-8-25(9-11-26)7-6-24-21(29)16-5-12-31-15-16/h1-5,12,15,17H,6-11,13-14H2,(H,24,29). The summed E-state index contributed by atoms with van der Waals surface area (Å²) >= 11 is 7.43. The van der Waals surface area contributed by atoms with E-state index in [0.29, 0.717) is 36.8 Å². The molecule has 0 spiro atoms. The van der Waals surface area contributed by atoms with Crippen LogP contribution in [0, 0.1) is 5.92 Å². The number of hydrogen-bond acceptors (Lipinski definition) is 5. The van der Waals surface area contributed by atoms with E-state index in [4.69, 9.17) is 11.6 Å². The Hall–Kier alpha value is -2.42. The molecule has 1 atom stereocenters. The molecule has 7 nitrogen and oxygen atoms in total. The number of benzene rings is 1. The van der Waals surface area contributed by atoms with Gasteiger partial charge in [-0.1, -0.05) is 11.6 Å². The van der Waals surface area contributed by atoms with Crippen molar-refractivity contribution in [2.24, 2.45) is 5.92 Å². The van der Waals surface area contributed by atoms with E-state index in [9.17, 15) is 14.4 Å². The number of thiophene rings is 1. The maximum atomic E-state index is 13.0. The summed E-state index contributed by atoms with van der Waals surface area (Å²) in [5, 5.41) is 7.27. The van der Waals surface area contributed by atoms with E-state index >= 15 is 0 Å². The van der Waals surface area contributed by atoms with Crippen molar-refractivity contribution < 1.29 is 14.4 Å². The summed E-state index contributed by atoms with van der Waals surface area (Å²) in [5.74, 6) is -0.332. The monoisotopic (exact) mass is 460 g/mol. The molecule has 3 amide bonds. The number of nitrogens with zero attached hydrogens (tertiary/aromatic N) is 3. The Morgan fingerprint density at radius 3 is 2.52 bits per heavy atom. The quantitative estimate of drug-likeness (QED) is 0.718. The number of rotatable bonds is 6. The second-order valence-electron chi connectivity index (χ2n) is 7.82. The zero-order valence-corrected chi connectivity index (χ0v) is 18.7. The maximum Gasteiger partial charge on any atom is 0.252 e. The minimum atomic E-state index is -0.306. The van der Waals surface area contributed by atoms with Crippen molar-refractivity contribution in [3.05, 3.63) is 51.7 Å². The lowest BCUT2D eigenvalue weighted by Gasteiger charge is -2.35. The van der Waals surface area contributed by atoms with Crippen molar-refractivity contribution in [3.63, 3.8) is 0 Å². The summed E-state index contributed by atoms with van der Waals surface area (Å²) in [7, 11) is 0. The van der Waals surface area contributed by atoms with Crippen LogP contribution in [0.15, 0.2) is 41.1 Å². The minimum Gasteiger partial charge on any atom is -0.351 e. The Bertz CT molecular complexity index is 927. The molecule has 1 N–H and O–H groups in total. The average molecular weight is 461 g/mol. The summed E-state index contributed by atoms with van der Waals surface area (Å²) in [6, 6.07) is 8.93. The van der Waals surface area contributed by atoms with E-state index in [2.05, 4.69) is 10.2 Å². The first-order valence-corrected chi connectivity index (χ1v) is 11.7. The predicted molar refractivity (Wildman–Crippen MR) is 122 cm³/mol. The lowest BCUT2D eigenvalue weighted by Crippen LogP contribution is -2.51. The van der Waals surface area contributed by atoms with Crippen LogP contribution in [-0.4, -0.2) is 73.3 Å². The van der Waals surface area contributed by atoms with Crippen molar-refractivity contribution in [1.29, 1.82) is 0 Å². The van der Waals surface area contributed by atoms with Crippen LogP contribution in [-0.2, 0) is 9.59 Å². The lowest BCUT2D eigenvalue weighted by molar-refractivity contribution is -0.137. The van der Waals surface area contributed by atoms with Crippen LogP contribution in [0.4, 0.5) is 5.69 Å². The molecule has 1 aromatic heterocycles. The summed E-state index contributed by atoms with van der Waals surface area (Å²) in [4.78, 5) is 43.2. The van der Waals surface area contributed by atoms with Crippen LogP contribution < -0.4 is 10.2 Å². The van der Waals surface area contributed by atoms with Crippen LogP contribution >= 0.6 is 22.9 Å². The van der Waals surface area contributed by atoms with Gasteiger partial charge in [-0.3, -0.25) is 19.3 Å². The van der Waals surface area contributed by atoms with Gasteiger partial charge in [0.15, 0.2) is 0 Å². The molecular formula is C22H25ClN4O3S. The second kappa shape index (κ2) is 9.80. The molecule has 1 unspecified atom stereocenters. The Morgan fingerprint density at radius 1 is 1.10 bits per heavy atom. The van der Waals surface area contributed by atoms with Gasteiger partial charge < -0.3 is 15.1 Å². The largest absolute Gasteiger partial charge is 0.351 e. The third kappa shape index (κ3) is 5.26. The average Bonchev–Trinajstić information content (AvgIpc) is 3.45. The number of piperazine rings is 1. The van der Waals surface area contributed by atoms with E-state index in [1.807, 2.05) is 33.9 Å². The van der Waals surface area contributed by atoms with Crippen LogP contribution in [0.2, 0.25) is 5.02 Å². The highest BCUT2D eigenvalue weighted by molar-refractivity contribution is 7.08. The summed E-state index contributed by atoms with van der Waals surface area (Å²) in [5.41, 5.74) is 1.47. The van der Waals surface area contributed by atoms with Crippen molar-refractivity contribution in [1.82, 2.24) is 15.1 Å². The molecule has 2 saturated heterocycles. The third-order valence-corrected chi connectivity index (χ3v) is 6.73. The van der Waals surface area contributed by atoms with Crippen LogP contribution in [0.25, 0.3) is 0 Å². The molecule has 2 aliphatic heterocycles. The van der Waals surface area contributed by atoms with Gasteiger partial charge in [0.05, 0.1) is 5.92 Å². The molecule has 31 heavy (non-hydrogen) atoms. The highest BCUT2D eigenvalue weighted by Gasteiger charge is 2.37. The van der Waals surface area contributed by atoms with Crippen LogP contribution in [0.3, 0.4) is 0 Å². The Balaban J connectivity index is 1.21. The van der Waals surface area contributed by atoms with Gasteiger partial charge in [0.2, 0.25) is 11.8 Å². The first-order chi connectivity index (χ1) is 15.0. The molecule has 0 radical (unpaired) electrons. The zero-order chi connectivity index (χ0) is 21.8. The topological polar surface area (TPSA) is 73.0 Å². The van der Waals surface area contributed by atoms with Crippen molar-refractivity contribution in [2.75, 3.05) is 50.7 Å². The molecule has 2 fully saturated rings. The number of halogens is 1. The number of carbonyl (C=O) groups is 3. The fraction of sp³-hybridized carbons (Fsp3) is 0.409. The van der Waals surface area contributed by atoms with E-state index < -0.39 is 0 Å². The number of amides is 3. The van der Waals surface area contributed by atoms with Gasteiger partial charge in [-0.2, -0.15) is 11.3 Å². The van der Waals surface area contributed by atoms with Gasteiger partial charge in [-0.15, -0.1) is 0 Å². The van der Waals surface area contributed by atoms with Gasteiger partial charge >= 0.3 is 0 Å². The van der Waals surface area contributed by atoms with Crippen LogP contribution in [0.1, 0.15) is 16.8 Å². The normalized spacial score (nSPS) is 19.6. The van der Waals surface area contributed by atoms with Gasteiger partial charge in [-0.05, 0) is 35.7 Å². The first kappa shape index (κ1) is 21.8. The molecule has 4 rings (SSSR count). The van der Waals surface area contributed by atoms with Gasteiger partial charge in [0.1, 0.15) is 0 Å². The number of anilines is 1. The molecule has 2 aliphatic rings. The fourth-order valence-electron chi connectivity index (χ4n) is 4.02. The van der Waals surface area contributed by atoms with Gasteiger partial charge in [0, 0.05) is 73.9 Å². The van der Waals surface area contributed by atoms with E-state index in [-0.39, 0.29) is 30.1 Å². The number of carbonyl (C=O) groups excluding carboxylic acids is 3. The minimum absolute atomic E-state index is 0.0272. The first-order valence-electron chi connectivity index (χ1n) is 10.4. The highest BCUT2D eigenvalue weighted by Crippen LogP contribution is 2.27. The summed E-state index contributed by atoms with van der Waals surface area (Å²) < 4.78 is 0. The SMILES string of the molecule is O=C(NCCN1CCN(C(=O)C2CC(=O)N(c3ccc(Cl)cc3)C2)CC1)c1ccsc1. The molecule has 164 valence electrons. The van der Waals surface area contributed by atoms with E-state index in [1.165, 1.54) is 11.3 Å². The molecule has 1 aromatic carbocycles. The Morgan fingerprint density at radius 2 is 1.84 bits per heavy atom. The maximum absolute atomic E-state index is 13.0. The predicted octanol–water partition coefficient (Wildman–Crippen LogP) is 2.33. The van der Waals surface area contributed by atoms with Crippen molar-refractivity contribution in [3.8, 4) is 0 Å². The summed E-state index contributed by atoms with van der Waals surface area (Å²) in [6.07, 6.45) is 0.246. The van der Waals surface area contributed by atoms with E-state index in [0.717, 1.165) is 25.3 Å². The highest BCUT2D eigenvalue weighted by atomic mass is 35.5. The number of hydrogen-bond donors (Lipinski definition) is 1. The van der Waals surface area contributed by atoms with Crippen LogP contribution in [0.5, 0.6) is 0 Å². The summed E-state index contributed by atoms with van der Waals surface area (Å²) in [6.45, 7) is 4.56. The Kier molecular flexibility index (Phi) is 6.89. The zero-order valence-electron chi connectivity index (χ0n) is 17.1. The molecule has 0 bridgehead atoms.